The minimum atomic E-state index is 0.0416. The number of methoxy groups -OCH3 is 1. The number of hydrogen-bond acceptors (Lipinski definition) is 3. The fourth-order valence-corrected chi connectivity index (χ4v) is 1.00. The van der Waals surface area contributed by atoms with Crippen molar-refractivity contribution in [2.45, 2.75) is 6.42 Å². The van der Waals surface area contributed by atoms with Crippen LogP contribution in [0.4, 0.5) is 0 Å². The van der Waals surface area contributed by atoms with Gasteiger partial charge in [0.1, 0.15) is 11.5 Å². The van der Waals surface area contributed by atoms with E-state index in [1.807, 2.05) is 0 Å². The van der Waals surface area contributed by atoms with E-state index in [0.29, 0.717) is 12.2 Å². The molecular weight excluding hydrogens is 156 g/mol. The molecule has 0 aliphatic carbocycles. The molecule has 0 fully saturated rings. The Labute approximate surface area is 71.2 Å². The smallest absolute Gasteiger partial charge is 0.122 e. The molecule has 0 aromatic heterocycles. The van der Waals surface area contributed by atoms with Crippen molar-refractivity contribution < 1.29 is 14.9 Å². The van der Waals surface area contributed by atoms with Crippen molar-refractivity contribution in [2.75, 3.05) is 13.7 Å². The Hall–Kier alpha value is -1.22. The zero-order chi connectivity index (χ0) is 8.97. The summed E-state index contributed by atoms with van der Waals surface area (Å²) >= 11 is 0. The van der Waals surface area contributed by atoms with Crippen molar-refractivity contribution in [3.05, 3.63) is 23.8 Å². The quantitative estimate of drug-likeness (QED) is 0.706. The first-order chi connectivity index (χ1) is 5.77. The minimum Gasteiger partial charge on any atom is -0.508 e. The van der Waals surface area contributed by atoms with Crippen molar-refractivity contribution >= 4 is 0 Å². The second kappa shape index (κ2) is 3.97. The Kier molecular flexibility index (Phi) is 2.94. The summed E-state index contributed by atoms with van der Waals surface area (Å²) in [5.41, 5.74) is 0.735. The Balaban J connectivity index is 2.87. The standard InChI is InChI=1S/C9H12O3/c1-12-8-3-2-7(4-5-10)9(11)6-8/h2-3,6,10-11H,4-5H2,1H3. The van der Waals surface area contributed by atoms with Crippen molar-refractivity contribution in [3.8, 4) is 11.5 Å². The van der Waals surface area contributed by atoms with Crippen molar-refractivity contribution in [2.24, 2.45) is 0 Å². The molecule has 66 valence electrons. The average molecular weight is 168 g/mol. The van der Waals surface area contributed by atoms with E-state index in [2.05, 4.69) is 0 Å². The second-order valence-electron chi connectivity index (χ2n) is 2.47. The number of rotatable bonds is 3. The van der Waals surface area contributed by atoms with Gasteiger partial charge in [0.2, 0.25) is 0 Å². The third kappa shape index (κ3) is 1.89. The Morgan fingerprint density at radius 2 is 2.17 bits per heavy atom. The zero-order valence-corrected chi connectivity index (χ0v) is 6.95. The van der Waals surface area contributed by atoms with Gasteiger partial charge in [-0.3, -0.25) is 0 Å². The summed E-state index contributed by atoms with van der Waals surface area (Å²) in [4.78, 5) is 0. The monoisotopic (exact) mass is 168 g/mol. The van der Waals surface area contributed by atoms with Gasteiger partial charge in [-0.25, -0.2) is 0 Å². The molecule has 0 bridgehead atoms. The molecule has 0 saturated heterocycles. The van der Waals surface area contributed by atoms with Gasteiger partial charge in [-0.15, -0.1) is 0 Å². The molecule has 0 unspecified atom stereocenters. The maximum Gasteiger partial charge on any atom is 0.122 e. The molecule has 1 aromatic carbocycles. The highest BCUT2D eigenvalue weighted by molar-refractivity contribution is 5.39. The van der Waals surface area contributed by atoms with Crippen LogP contribution in [-0.2, 0) is 6.42 Å². The molecule has 3 heteroatoms. The topological polar surface area (TPSA) is 49.7 Å². The SMILES string of the molecule is COc1ccc(CCO)c(O)c1. The fourth-order valence-electron chi connectivity index (χ4n) is 1.00. The van der Waals surface area contributed by atoms with E-state index in [1.165, 1.54) is 6.07 Å². The summed E-state index contributed by atoms with van der Waals surface area (Å²) in [5.74, 6) is 0.789. The molecular formula is C9H12O3. The van der Waals surface area contributed by atoms with Crippen LogP contribution in [0.5, 0.6) is 11.5 Å². The van der Waals surface area contributed by atoms with E-state index in [-0.39, 0.29) is 12.4 Å². The van der Waals surface area contributed by atoms with Crippen LogP contribution in [0.25, 0.3) is 0 Å². The Morgan fingerprint density at radius 1 is 1.42 bits per heavy atom. The van der Waals surface area contributed by atoms with Crippen LogP contribution in [-0.4, -0.2) is 23.9 Å². The predicted octanol–water partition coefficient (Wildman–Crippen LogP) is 0.936. The molecule has 0 spiro atoms. The molecule has 3 nitrogen and oxygen atoms in total. The number of aromatic hydroxyl groups is 1. The summed E-state index contributed by atoms with van der Waals surface area (Å²) in [5, 5.41) is 18.0. The number of phenols is 1. The Bertz CT molecular complexity index is 258. The van der Waals surface area contributed by atoms with Crippen molar-refractivity contribution in [3.63, 3.8) is 0 Å². The number of aliphatic hydroxyl groups is 1. The lowest BCUT2D eigenvalue weighted by Crippen LogP contribution is -1.91. The van der Waals surface area contributed by atoms with Crippen LogP contribution in [0.1, 0.15) is 5.56 Å². The van der Waals surface area contributed by atoms with Gasteiger partial charge in [-0.05, 0) is 18.1 Å². The van der Waals surface area contributed by atoms with Gasteiger partial charge < -0.3 is 14.9 Å². The lowest BCUT2D eigenvalue weighted by Gasteiger charge is -2.04. The van der Waals surface area contributed by atoms with Gasteiger partial charge >= 0.3 is 0 Å². The van der Waals surface area contributed by atoms with E-state index in [0.717, 1.165) is 5.56 Å². The molecule has 0 heterocycles. The highest BCUT2D eigenvalue weighted by atomic mass is 16.5. The molecule has 1 rings (SSSR count). The number of phenolic OH excluding ortho intramolecular Hbond substituents is 1. The molecule has 0 atom stereocenters. The van der Waals surface area contributed by atoms with Crippen LogP contribution >= 0.6 is 0 Å². The fraction of sp³-hybridized carbons (Fsp3) is 0.333. The van der Waals surface area contributed by atoms with E-state index >= 15 is 0 Å². The molecule has 0 radical (unpaired) electrons. The molecule has 2 N–H and O–H groups in total. The zero-order valence-electron chi connectivity index (χ0n) is 6.95. The maximum atomic E-state index is 9.36. The summed E-state index contributed by atoms with van der Waals surface area (Å²) in [6.07, 6.45) is 0.468. The van der Waals surface area contributed by atoms with Crippen LogP contribution in [0.3, 0.4) is 0 Å². The number of aliphatic hydroxyl groups excluding tert-OH is 1. The third-order valence-electron chi connectivity index (χ3n) is 1.67. The first kappa shape index (κ1) is 8.87. The van der Waals surface area contributed by atoms with Crippen LogP contribution in [0.2, 0.25) is 0 Å². The summed E-state index contributed by atoms with van der Waals surface area (Å²) in [6.45, 7) is 0.0416. The van der Waals surface area contributed by atoms with Gasteiger partial charge in [0.15, 0.2) is 0 Å². The number of ether oxygens (including phenoxy) is 1. The molecule has 12 heavy (non-hydrogen) atoms. The molecule has 0 saturated carbocycles. The van der Waals surface area contributed by atoms with Crippen molar-refractivity contribution in [1.82, 2.24) is 0 Å². The lowest BCUT2D eigenvalue weighted by atomic mass is 10.1. The van der Waals surface area contributed by atoms with Gasteiger partial charge in [0.25, 0.3) is 0 Å². The normalized spacial score (nSPS) is 9.83. The number of benzene rings is 1. The predicted molar refractivity (Wildman–Crippen MR) is 45.4 cm³/mol. The van der Waals surface area contributed by atoms with E-state index in [4.69, 9.17) is 9.84 Å². The van der Waals surface area contributed by atoms with Crippen LogP contribution < -0.4 is 4.74 Å². The minimum absolute atomic E-state index is 0.0416. The Morgan fingerprint density at radius 3 is 2.67 bits per heavy atom. The highest BCUT2D eigenvalue weighted by Gasteiger charge is 2.01. The molecule has 0 amide bonds. The first-order valence-electron chi connectivity index (χ1n) is 3.74. The highest BCUT2D eigenvalue weighted by Crippen LogP contribution is 2.23. The average Bonchev–Trinajstić information content (AvgIpc) is 2.09. The summed E-state index contributed by atoms with van der Waals surface area (Å²) < 4.78 is 4.91. The summed E-state index contributed by atoms with van der Waals surface area (Å²) in [7, 11) is 1.54. The summed E-state index contributed by atoms with van der Waals surface area (Å²) in [6, 6.07) is 5.03. The number of hydrogen-bond donors (Lipinski definition) is 2. The van der Waals surface area contributed by atoms with E-state index in [9.17, 15) is 5.11 Å². The van der Waals surface area contributed by atoms with Gasteiger partial charge in [0.05, 0.1) is 7.11 Å². The third-order valence-corrected chi connectivity index (χ3v) is 1.67. The van der Waals surface area contributed by atoms with Crippen molar-refractivity contribution in [1.29, 1.82) is 0 Å². The first-order valence-corrected chi connectivity index (χ1v) is 3.74. The maximum absolute atomic E-state index is 9.36. The van der Waals surface area contributed by atoms with Crippen LogP contribution in [0, 0.1) is 0 Å². The second-order valence-corrected chi connectivity index (χ2v) is 2.47. The van der Waals surface area contributed by atoms with E-state index < -0.39 is 0 Å². The van der Waals surface area contributed by atoms with Gasteiger partial charge in [-0.2, -0.15) is 0 Å². The largest absolute Gasteiger partial charge is 0.508 e. The molecule has 0 aliphatic rings. The van der Waals surface area contributed by atoms with Gasteiger partial charge in [0, 0.05) is 12.7 Å². The van der Waals surface area contributed by atoms with Crippen LogP contribution in [0.15, 0.2) is 18.2 Å². The molecule has 1 aromatic rings. The molecule has 0 aliphatic heterocycles. The van der Waals surface area contributed by atoms with Gasteiger partial charge in [-0.1, -0.05) is 6.07 Å². The van der Waals surface area contributed by atoms with E-state index in [1.54, 1.807) is 19.2 Å². The lowest BCUT2D eigenvalue weighted by molar-refractivity contribution is 0.297.